The SMILES string of the molecule is CC(C)NC(=O)CCNC(=O)c1ccoc1. The maximum Gasteiger partial charge on any atom is 0.254 e. The van der Waals surface area contributed by atoms with Crippen LogP contribution in [0.3, 0.4) is 0 Å². The number of amides is 2. The molecule has 1 rings (SSSR count). The van der Waals surface area contributed by atoms with Gasteiger partial charge in [0.1, 0.15) is 6.26 Å². The topological polar surface area (TPSA) is 71.3 Å². The molecule has 88 valence electrons. The fraction of sp³-hybridized carbons (Fsp3) is 0.455. The molecule has 0 saturated carbocycles. The molecule has 1 aromatic heterocycles. The molecule has 2 amide bonds. The molecule has 0 fully saturated rings. The molecule has 0 aliphatic heterocycles. The summed E-state index contributed by atoms with van der Waals surface area (Å²) in [5, 5.41) is 5.37. The van der Waals surface area contributed by atoms with Crippen LogP contribution in [-0.2, 0) is 4.79 Å². The largest absolute Gasteiger partial charge is 0.472 e. The Morgan fingerprint density at radius 2 is 2.19 bits per heavy atom. The third-order valence-electron chi connectivity index (χ3n) is 1.87. The standard InChI is InChI=1S/C11H16N2O3/c1-8(2)13-10(14)3-5-12-11(15)9-4-6-16-7-9/h4,6-8H,3,5H2,1-2H3,(H,12,15)(H,13,14). The van der Waals surface area contributed by atoms with E-state index in [9.17, 15) is 9.59 Å². The first-order valence-corrected chi connectivity index (χ1v) is 5.19. The highest BCUT2D eigenvalue weighted by Gasteiger charge is 2.07. The van der Waals surface area contributed by atoms with Crippen molar-refractivity contribution in [3.8, 4) is 0 Å². The summed E-state index contributed by atoms with van der Waals surface area (Å²) in [4.78, 5) is 22.6. The van der Waals surface area contributed by atoms with Crippen molar-refractivity contribution in [3.63, 3.8) is 0 Å². The molecule has 0 radical (unpaired) electrons. The van der Waals surface area contributed by atoms with Gasteiger partial charge in [0.2, 0.25) is 5.91 Å². The Bertz CT molecular complexity index is 344. The second kappa shape index (κ2) is 5.95. The molecule has 0 aromatic carbocycles. The van der Waals surface area contributed by atoms with Crippen LogP contribution < -0.4 is 10.6 Å². The lowest BCUT2D eigenvalue weighted by Crippen LogP contribution is -2.34. The monoisotopic (exact) mass is 224 g/mol. The lowest BCUT2D eigenvalue weighted by Gasteiger charge is -2.08. The van der Waals surface area contributed by atoms with E-state index in [1.54, 1.807) is 6.07 Å². The van der Waals surface area contributed by atoms with Gasteiger partial charge < -0.3 is 15.1 Å². The molecule has 0 unspecified atom stereocenters. The number of nitrogens with one attached hydrogen (secondary N) is 2. The van der Waals surface area contributed by atoms with Gasteiger partial charge in [0.15, 0.2) is 0 Å². The van der Waals surface area contributed by atoms with Crippen molar-refractivity contribution in [1.82, 2.24) is 10.6 Å². The van der Waals surface area contributed by atoms with E-state index in [1.165, 1.54) is 12.5 Å². The zero-order valence-electron chi connectivity index (χ0n) is 9.45. The number of carbonyl (C=O) groups excluding carboxylic acids is 2. The van der Waals surface area contributed by atoms with Crippen molar-refractivity contribution < 1.29 is 14.0 Å². The number of carbonyl (C=O) groups is 2. The lowest BCUT2D eigenvalue weighted by molar-refractivity contribution is -0.121. The van der Waals surface area contributed by atoms with E-state index in [4.69, 9.17) is 4.42 Å². The molecule has 16 heavy (non-hydrogen) atoms. The van der Waals surface area contributed by atoms with Crippen LogP contribution in [0.4, 0.5) is 0 Å². The van der Waals surface area contributed by atoms with Gasteiger partial charge in [-0.05, 0) is 19.9 Å². The average Bonchev–Trinajstić information content (AvgIpc) is 2.68. The van der Waals surface area contributed by atoms with Crippen molar-refractivity contribution in [2.75, 3.05) is 6.54 Å². The molecule has 0 atom stereocenters. The highest BCUT2D eigenvalue weighted by molar-refractivity contribution is 5.93. The summed E-state index contributed by atoms with van der Waals surface area (Å²) in [7, 11) is 0. The minimum atomic E-state index is -0.230. The molecule has 1 heterocycles. The Hall–Kier alpha value is -1.78. The first kappa shape index (κ1) is 12.3. The van der Waals surface area contributed by atoms with Crippen LogP contribution in [0.1, 0.15) is 30.6 Å². The fourth-order valence-electron chi connectivity index (χ4n) is 1.18. The maximum atomic E-state index is 11.4. The van der Waals surface area contributed by atoms with E-state index in [-0.39, 0.29) is 24.3 Å². The van der Waals surface area contributed by atoms with E-state index in [0.717, 1.165) is 0 Å². The first-order valence-electron chi connectivity index (χ1n) is 5.19. The van der Waals surface area contributed by atoms with Crippen molar-refractivity contribution in [1.29, 1.82) is 0 Å². The minimum absolute atomic E-state index is 0.0671. The Balaban J connectivity index is 2.21. The third-order valence-corrected chi connectivity index (χ3v) is 1.87. The number of hydrogen-bond donors (Lipinski definition) is 2. The van der Waals surface area contributed by atoms with Crippen molar-refractivity contribution in [2.45, 2.75) is 26.3 Å². The van der Waals surface area contributed by atoms with Gasteiger partial charge in [-0.1, -0.05) is 0 Å². The number of furan rings is 1. The zero-order chi connectivity index (χ0) is 12.0. The molecule has 0 aliphatic rings. The van der Waals surface area contributed by atoms with Crippen molar-refractivity contribution in [3.05, 3.63) is 24.2 Å². The predicted octanol–water partition coefficient (Wildman–Crippen LogP) is 0.924. The second-order valence-corrected chi connectivity index (χ2v) is 3.74. The molecule has 0 spiro atoms. The minimum Gasteiger partial charge on any atom is -0.472 e. The third kappa shape index (κ3) is 4.16. The Labute approximate surface area is 94.2 Å². The van der Waals surface area contributed by atoms with Crippen LogP contribution in [-0.4, -0.2) is 24.4 Å². The summed E-state index contributed by atoms with van der Waals surface area (Å²) < 4.78 is 4.78. The Kier molecular flexibility index (Phi) is 4.57. The van der Waals surface area contributed by atoms with Gasteiger partial charge in [-0.15, -0.1) is 0 Å². The molecule has 0 saturated heterocycles. The first-order chi connectivity index (χ1) is 7.59. The summed E-state index contributed by atoms with van der Waals surface area (Å²) in [6.07, 6.45) is 3.08. The van der Waals surface area contributed by atoms with Gasteiger partial charge in [0.05, 0.1) is 11.8 Å². The van der Waals surface area contributed by atoms with E-state index in [2.05, 4.69) is 10.6 Å². The second-order valence-electron chi connectivity index (χ2n) is 3.74. The molecule has 1 aromatic rings. The van der Waals surface area contributed by atoms with Crippen molar-refractivity contribution >= 4 is 11.8 Å². The number of hydrogen-bond acceptors (Lipinski definition) is 3. The normalized spacial score (nSPS) is 10.2. The molecule has 5 nitrogen and oxygen atoms in total. The van der Waals surface area contributed by atoms with Gasteiger partial charge in [0, 0.05) is 19.0 Å². The molecular weight excluding hydrogens is 208 g/mol. The molecule has 5 heteroatoms. The van der Waals surface area contributed by atoms with E-state index in [0.29, 0.717) is 12.1 Å². The van der Waals surface area contributed by atoms with Gasteiger partial charge >= 0.3 is 0 Å². The Morgan fingerprint density at radius 3 is 2.75 bits per heavy atom. The van der Waals surface area contributed by atoms with Gasteiger partial charge in [-0.25, -0.2) is 0 Å². The lowest BCUT2D eigenvalue weighted by atomic mass is 10.3. The predicted molar refractivity (Wildman–Crippen MR) is 58.9 cm³/mol. The van der Waals surface area contributed by atoms with Gasteiger partial charge in [-0.3, -0.25) is 9.59 Å². The van der Waals surface area contributed by atoms with Crippen molar-refractivity contribution in [2.24, 2.45) is 0 Å². The average molecular weight is 224 g/mol. The van der Waals surface area contributed by atoms with Crippen LogP contribution in [0.2, 0.25) is 0 Å². The molecule has 0 aliphatic carbocycles. The molecular formula is C11H16N2O3. The van der Waals surface area contributed by atoms with E-state index >= 15 is 0 Å². The van der Waals surface area contributed by atoms with Crippen LogP contribution in [0.25, 0.3) is 0 Å². The van der Waals surface area contributed by atoms with Crippen LogP contribution in [0, 0.1) is 0 Å². The molecule has 2 N–H and O–H groups in total. The maximum absolute atomic E-state index is 11.4. The summed E-state index contributed by atoms with van der Waals surface area (Å²) >= 11 is 0. The Morgan fingerprint density at radius 1 is 1.44 bits per heavy atom. The number of rotatable bonds is 5. The van der Waals surface area contributed by atoms with Crippen LogP contribution in [0.15, 0.2) is 23.0 Å². The van der Waals surface area contributed by atoms with E-state index in [1.807, 2.05) is 13.8 Å². The fourth-order valence-corrected chi connectivity index (χ4v) is 1.18. The smallest absolute Gasteiger partial charge is 0.254 e. The summed E-state index contributed by atoms with van der Waals surface area (Å²) in [6, 6.07) is 1.70. The van der Waals surface area contributed by atoms with E-state index < -0.39 is 0 Å². The van der Waals surface area contributed by atoms with Crippen LogP contribution >= 0.6 is 0 Å². The quantitative estimate of drug-likeness (QED) is 0.781. The highest BCUT2D eigenvalue weighted by atomic mass is 16.3. The highest BCUT2D eigenvalue weighted by Crippen LogP contribution is 1.98. The summed E-state index contributed by atoms with van der Waals surface area (Å²) in [5.74, 6) is -0.298. The van der Waals surface area contributed by atoms with Crippen LogP contribution in [0.5, 0.6) is 0 Å². The summed E-state index contributed by atoms with van der Waals surface area (Å²) in [5.41, 5.74) is 0.462. The summed E-state index contributed by atoms with van der Waals surface area (Å²) in [6.45, 7) is 4.10. The van der Waals surface area contributed by atoms with Gasteiger partial charge in [0.25, 0.3) is 5.91 Å². The van der Waals surface area contributed by atoms with Gasteiger partial charge in [-0.2, -0.15) is 0 Å². The molecule has 0 bridgehead atoms. The zero-order valence-corrected chi connectivity index (χ0v) is 9.45.